The monoisotopic (exact) mass is 375 g/mol. The van der Waals surface area contributed by atoms with Gasteiger partial charge in [0, 0.05) is 12.7 Å². The minimum absolute atomic E-state index is 0.222. The Bertz CT molecular complexity index is 1000. The van der Waals surface area contributed by atoms with Crippen molar-refractivity contribution in [3.63, 3.8) is 0 Å². The second-order valence-corrected chi connectivity index (χ2v) is 6.23. The lowest BCUT2D eigenvalue weighted by atomic mass is 10.1. The molecule has 0 bridgehead atoms. The number of benzene rings is 2. The van der Waals surface area contributed by atoms with Crippen molar-refractivity contribution in [2.75, 3.05) is 12.4 Å². The number of hydrogen-bond acceptors (Lipinski definition) is 5. The highest BCUT2D eigenvalue weighted by Crippen LogP contribution is 2.21. The topological polar surface area (TPSA) is 80.3 Å². The normalized spacial score (nSPS) is 10.2. The van der Waals surface area contributed by atoms with E-state index in [1.807, 2.05) is 31.2 Å². The van der Waals surface area contributed by atoms with Gasteiger partial charge in [-0.15, -0.1) is 0 Å². The minimum atomic E-state index is -0.441. The Morgan fingerprint density at radius 3 is 2.57 bits per heavy atom. The van der Waals surface area contributed by atoms with Gasteiger partial charge in [-0.1, -0.05) is 36.4 Å². The fourth-order valence-electron chi connectivity index (χ4n) is 2.75. The number of para-hydroxylation sites is 1. The third-order valence-corrected chi connectivity index (χ3v) is 4.31. The summed E-state index contributed by atoms with van der Waals surface area (Å²) in [5.74, 6) is -0.663. The molecule has 0 aliphatic rings. The third-order valence-electron chi connectivity index (χ3n) is 4.31. The van der Waals surface area contributed by atoms with Gasteiger partial charge in [-0.2, -0.15) is 0 Å². The van der Waals surface area contributed by atoms with Crippen LogP contribution in [0.15, 0.2) is 67.0 Å². The van der Waals surface area contributed by atoms with Crippen molar-refractivity contribution in [1.29, 1.82) is 0 Å². The van der Waals surface area contributed by atoms with Crippen LogP contribution in [0.1, 0.15) is 31.8 Å². The Labute approximate surface area is 163 Å². The SMILES string of the molecule is COC(=O)c1ccccc1Nc1cncc(C(=O)NCc2ccccc2C)c1. The predicted octanol–water partition coefficient (Wildman–Crippen LogP) is 3.85. The standard InChI is InChI=1S/C22H21N3O3/c1-15-7-3-4-8-16(15)13-24-21(26)17-11-18(14-23-12-17)25-20-10-6-5-9-19(20)22(27)28-2/h3-12,14,25H,13H2,1-2H3,(H,24,26). The van der Waals surface area contributed by atoms with E-state index in [4.69, 9.17) is 4.74 Å². The van der Waals surface area contributed by atoms with Crippen LogP contribution in [-0.4, -0.2) is 24.0 Å². The average molecular weight is 375 g/mol. The fraction of sp³-hybridized carbons (Fsp3) is 0.136. The number of amides is 1. The van der Waals surface area contributed by atoms with Crippen LogP contribution in [-0.2, 0) is 11.3 Å². The molecule has 3 rings (SSSR count). The van der Waals surface area contributed by atoms with Crippen molar-refractivity contribution >= 4 is 23.3 Å². The van der Waals surface area contributed by atoms with Crippen molar-refractivity contribution in [1.82, 2.24) is 10.3 Å². The number of carbonyl (C=O) groups excluding carboxylic acids is 2. The van der Waals surface area contributed by atoms with Crippen molar-refractivity contribution < 1.29 is 14.3 Å². The molecule has 6 nitrogen and oxygen atoms in total. The van der Waals surface area contributed by atoms with E-state index in [1.54, 1.807) is 36.5 Å². The van der Waals surface area contributed by atoms with E-state index in [9.17, 15) is 9.59 Å². The molecule has 6 heteroatoms. The van der Waals surface area contributed by atoms with Gasteiger partial charge in [0.1, 0.15) is 0 Å². The largest absolute Gasteiger partial charge is 0.465 e. The molecule has 28 heavy (non-hydrogen) atoms. The van der Waals surface area contributed by atoms with E-state index in [-0.39, 0.29) is 5.91 Å². The number of nitrogens with one attached hydrogen (secondary N) is 2. The van der Waals surface area contributed by atoms with Crippen LogP contribution >= 0.6 is 0 Å². The van der Waals surface area contributed by atoms with Gasteiger partial charge in [0.25, 0.3) is 5.91 Å². The number of aromatic nitrogens is 1. The van der Waals surface area contributed by atoms with Crippen LogP contribution < -0.4 is 10.6 Å². The lowest BCUT2D eigenvalue weighted by molar-refractivity contribution is 0.0601. The van der Waals surface area contributed by atoms with E-state index >= 15 is 0 Å². The molecule has 0 aliphatic carbocycles. The molecule has 0 aliphatic heterocycles. The number of pyridine rings is 1. The first kappa shape index (κ1) is 19.1. The molecule has 1 heterocycles. The molecule has 0 fully saturated rings. The van der Waals surface area contributed by atoms with Crippen LogP contribution in [0.4, 0.5) is 11.4 Å². The zero-order chi connectivity index (χ0) is 19.9. The molecule has 2 N–H and O–H groups in total. The van der Waals surface area contributed by atoms with Crippen molar-refractivity contribution in [2.24, 2.45) is 0 Å². The maximum atomic E-state index is 12.5. The van der Waals surface area contributed by atoms with Gasteiger partial charge in [-0.25, -0.2) is 4.79 Å². The molecule has 3 aromatic rings. The summed E-state index contributed by atoms with van der Waals surface area (Å²) in [5.41, 5.74) is 4.18. The van der Waals surface area contributed by atoms with Gasteiger partial charge in [-0.05, 0) is 36.2 Å². The maximum absolute atomic E-state index is 12.5. The van der Waals surface area contributed by atoms with E-state index in [0.29, 0.717) is 29.0 Å². The smallest absolute Gasteiger partial charge is 0.339 e. The Morgan fingerprint density at radius 2 is 1.79 bits per heavy atom. The Morgan fingerprint density at radius 1 is 1.04 bits per heavy atom. The second-order valence-electron chi connectivity index (χ2n) is 6.23. The van der Waals surface area contributed by atoms with Gasteiger partial charge in [0.15, 0.2) is 0 Å². The molecule has 0 atom stereocenters. The minimum Gasteiger partial charge on any atom is -0.465 e. The molecule has 0 saturated carbocycles. The second kappa shape index (κ2) is 8.81. The van der Waals surface area contributed by atoms with Crippen LogP contribution in [0.2, 0.25) is 0 Å². The van der Waals surface area contributed by atoms with Gasteiger partial charge in [0.2, 0.25) is 0 Å². The summed E-state index contributed by atoms with van der Waals surface area (Å²) in [7, 11) is 1.33. The van der Waals surface area contributed by atoms with Gasteiger partial charge < -0.3 is 15.4 Å². The first-order chi connectivity index (χ1) is 13.6. The number of carbonyl (C=O) groups is 2. The molecular formula is C22H21N3O3. The summed E-state index contributed by atoms with van der Waals surface area (Å²) in [6.07, 6.45) is 3.09. The van der Waals surface area contributed by atoms with E-state index in [2.05, 4.69) is 15.6 Å². The van der Waals surface area contributed by atoms with Gasteiger partial charge in [0.05, 0.1) is 35.8 Å². The zero-order valence-electron chi connectivity index (χ0n) is 15.7. The third kappa shape index (κ3) is 4.54. The number of methoxy groups -OCH3 is 1. The molecule has 0 radical (unpaired) electrons. The highest BCUT2D eigenvalue weighted by molar-refractivity contribution is 5.97. The number of hydrogen-bond donors (Lipinski definition) is 2. The molecule has 0 spiro atoms. The zero-order valence-corrected chi connectivity index (χ0v) is 15.7. The first-order valence-electron chi connectivity index (χ1n) is 8.80. The van der Waals surface area contributed by atoms with Gasteiger partial charge >= 0.3 is 5.97 Å². The molecule has 142 valence electrons. The summed E-state index contributed by atoms with van der Waals surface area (Å²) < 4.78 is 4.80. The Hall–Kier alpha value is -3.67. The summed E-state index contributed by atoms with van der Waals surface area (Å²) in [4.78, 5) is 28.5. The Kier molecular flexibility index (Phi) is 6.01. The first-order valence-corrected chi connectivity index (χ1v) is 8.80. The quantitative estimate of drug-likeness (QED) is 0.640. The lowest BCUT2D eigenvalue weighted by Gasteiger charge is -2.12. The predicted molar refractivity (Wildman–Crippen MR) is 108 cm³/mol. The maximum Gasteiger partial charge on any atom is 0.339 e. The molecule has 1 amide bonds. The highest BCUT2D eigenvalue weighted by Gasteiger charge is 2.12. The van der Waals surface area contributed by atoms with Crippen LogP contribution in [0, 0.1) is 6.92 Å². The van der Waals surface area contributed by atoms with E-state index in [0.717, 1.165) is 11.1 Å². The number of nitrogens with zero attached hydrogens (tertiary/aromatic N) is 1. The molecule has 2 aromatic carbocycles. The van der Waals surface area contributed by atoms with E-state index < -0.39 is 5.97 Å². The average Bonchev–Trinajstić information content (AvgIpc) is 2.73. The van der Waals surface area contributed by atoms with Crippen molar-refractivity contribution in [3.8, 4) is 0 Å². The van der Waals surface area contributed by atoms with Crippen molar-refractivity contribution in [2.45, 2.75) is 13.5 Å². The summed E-state index contributed by atoms with van der Waals surface area (Å²) in [6.45, 7) is 2.45. The molecule has 0 unspecified atom stereocenters. The number of rotatable bonds is 6. The number of esters is 1. The molecular weight excluding hydrogens is 354 g/mol. The summed E-state index contributed by atoms with van der Waals surface area (Å²) in [5, 5.41) is 6.03. The summed E-state index contributed by atoms with van der Waals surface area (Å²) in [6, 6.07) is 16.6. The number of anilines is 2. The van der Waals surface area contributed by atoms with Crippen LogP contribution in [0.3, 0.4) is 0 Å². The molecule has 1 aromatic heterocycles. The van der Waals surface area contributed by atoms with Crippen LogP contribution in [0.5, 0.6) is 0 Å². The van der Waals surface area contributed by atoms with Crippen LogP contribution in [0.25, 0.3) is 0 Å². The van der Waals surface area contributed by atoms with Crippen molar-refractivity contribution in [3.05, 3.63) is 89.2 Å². The Balaban J connectivity index is 1.73. The lowest BCUT2D eigenvalue weighted by Crippen LogP contribution is -2.23. The van der Waals surface area contributed by atoms with Gasteiger partial charge in [-0.3, -0.25) is 9.78 Å². The number of ether oxygens (including phenoxy) is 1. The fourth-order valence-corrected chi connectivity index (χ4v) is 2.75. The number of aryl methyl sites for hydroxylation is 1. The summed E-state index contributed by atoms with van der Waals surface area (Å²) >= 11 is 0. The van der Waals surface area contributed by atoms with E-state index in [1.165, 1.54) is 13.3 Å². The molecule has 0 saturated heterocycles. The highest BCUT2D eigenvalue weighted by atomic mass is 16.5.